The molecule has 6 aromatic rings. The van der Waals surface area contributed by atoms with Gasteiger partial charge >= 0.3 is 0 Å². The monoisotopic (exact) mass is 735 g/mol. The van der Waals surface area contributed by atoms with Gasteiger partial charge in [-0.1, -0.05) is 171 Å². The average Bonchev–Trinajstić information content (AvgIpc) is 3.77. The van der Waals surface area contributed by atoms with E-state index in [9.17, 15) is 0 Å². The van der Waals surface area contributed by atoms with Gasteiger partial charge in [-0.2, -0.15) is 0 Å². The van der Waals surface area contributed by atoms with Crippen molar-refractivity contribution in [2.24, 2.45) is 0 Å². The van der Waals surface area contributed by atoms with Gasteiger partial charge in [0.25, 0.3) is 0 Å². The normalized spacial score (nSPS) is 14.8. The van der Waals surface area contributed by atoms with E-state index in [2.05, 4.69) is 175 Å². The van der Waals surface area contributed by atoms with Gasteiger partial charge in [0.1, 0.15) is 11.3 Å². The minimum atomic E-state index is -0.192. The number of allylic oxidation sites excluding steroid dienone is 6. The smallest absolute Gasteiger partial charge is 0.143 e. The third kappa shape index (κ3) is 6.52. The van der Waals surface area contributed by atoms with Gasteiger partial charge in [-0.3, -0.25) is 0 Å². The van der Waals surface area contributed by atoms with E-state index in [4.69, 9.17) is 4.42 Å². The molecular formula is C54H57NO. The predicted molar refractivity (Wildman–Crippen MR) is 245 cm³/mol. The molecule has 5 aromatic carbocycles. The number of anilines is 3. The zero-order chi connectivity index (χ0) is 40.4. The Labute approximate surface area is 335 Å². The molecule has 0 radical (unpaired) electrons. The molecule has 0 atom stereocenters. The first-order valence-electron chi connectivity index (χ1n) is 20.2. The van der Waals surface area contributed by atoms with Crippen LogP contribution >= 0.6 is 0 Å². The number of rotatable bonds is 8. The summed E-state index contributed by atoms with van der Waals surface area (Å²) in [6.07, 6.45) is 8.32. The van der Waals surface area contributed by atoms with Crippen molar-refractivity contribution in [3.8, 4) is 11.1 Å². The summed E-state index contributed by atoms with van der Waals surface area (Å²) in [5, 5.41) is 1.08. The molecule has 0 saturated heterocycles. The lowest BCUT2D eigenvalue weighted by atomic mass is 9.81. The number of fused-ring (bicyclic) bond motifs is 3. The Hall–Kier alpha value is -5.86. The summed E-state index contributed by atoms with van der Waals surface area (Å²) in [6, 6.07) is 41.7. The van der Waals surface area contributed by atoms with E-state index in [1.165, 1.54) is 50.1 Å². The molecule has 2 heteroatoms. The zero-order valence-electron chi connectivity index (χ0n) is 35.0. The molecule has 2 nitrogen and oxygen atoms in total. The van der Waals surface area contributed by atoms with Crippen molar-refractivity contribution in [3.05, 3.63) is 191 Å². The van der Waals surface area contributed by atoms with Crippen molar-refractivity contribution in [3.63, 3.8) is 0 Å². The number of nitrogens with zero attached hydrogens (tertiary/aromatic N) is 1. The largest absolute Gasteiger partial charge is 0.455 e. The summed E-state index contributed by atoms with van der Waals surface area (Å²) in [4.78, 5) is 2.40. The number of benzene rings is 5. The molecule has 1 heterocycles. The van der Waals surface area contributed by atoms with E-state index in [0.29, 0.717) is 0 Å². The minimum Gasteiger partial charge on any atom is -0.455 e. The van der Waals surface area contributed by atoms with Crippen LogP contribution in [0.15, 0.2) is 162 Å². The lowest BCUT2D eigenvalue weighted by Crippen LogP contribution is -2.18. The molecule has 0 spiro atoms. The summed E-state index contributed by atoms with van der Waals surface area (Å²) >= 11 is 0. The van der Waals surface area contributed by atoms with Crippen molar-refractivity contribution < 1.29 is 4.42 Å². The van der Waals surface area contributed by atoms with Gasteiger partial charge in [0.15, 0.2) is 0 Å². The van der Waals surface area contributed by atoms with Crippen molar-refractivity contribution >= 4 is 45.3 Å². The van der Waals surface area contributed by atoms with Crippen LogP contribution in [0.5, 0.6) is 0 Å². The lowest BCUT2D eigenvalue weighted by molar-refractivity contribution is 0.596. The SMILES string of the molecule is C=CC1=C(/C=C\C)c2ccc(N(c3ccc(-c4ccccc4)cc3)c3ccc4c(c3)C(c3oc5ccccc5c3C=C)=C(C)C4(C)C)cc2C1(C)C.CC.CC. The fraction of sp³-hybridized carbons (Fsp3) is 0.222. The van der Waals surface area contributed by atoms with Gasteiger partial charge in [-0.15, -0.1) is 0 Å². The molecule has 2 aliphatic rings. The zero-order valence-corrected chi connectivity index (χ0v) is 35.0. The second-order valence-electron chi connectivity index (χ2n) is 15.0. The van der Waals surface area contributed by atoms with Gasteiger partial charge < -0.3 is 9.32 Å². The summed E-state index contributed by atoms with van der Waals surface area (Å²) < 4.78 is 6.68. The maximum atomic E-state index is 6.68. The molecule has 0 bridgehead atoms. The Morgan fingerprint density at radius 3 is 1.88 bits per heavy atom. The topological polar surface area (TPSA) is 16.4 Å². The molecule has 56 heavy (non-hydrogen) atoms. The third-order valence-electron chi connectivity index (χ3n) is 11.5. The van der Waals surface area contributed by atoms with Crippen LogP contribution in [0.3, 0.4) is 0 Å². The van der Waals surface area contributed by atoms with Crippen LogP contribution in [0.25, 0.3) is 39.3 Å². The molecule has 0 amide bonds. The standard InChI is InChI=1S/C50H45NO.2C2H6/c1-9-17-39-40-28-26-37(31-45(40)50(7,8)43(39)11-3)51(35-24-22-34(23-25-35)33-18-13-12-14-19-33)36-27-29-44-42(30-36)47(32(4)49(44,5)6)48-38(10-2)41-20-15-16-21-46(41)52-48;2*1-2/h9-31H,2-3H2,1,4-8H3;2*1-2H3/b17-9-;;. The van der Waals surface area contributed by atoms with Crippen LogP contribution in [-0.4, -0.2) is 0 Å². The van der Waals surface area contributed by atoms with E-state index in [0.717, 1.165) is 44.9 Å². The van der Waals surface area contributed by atoms with Gasteiger partial charge in [-0.05, 0) is 101 Å². The van der Waals surface area contributed by atoms with Crippen molar-refractivity contribution in [2.75, 3.05) is 4.90 Å². The molecule has 0 unspecified atom stereocenters. The highest BCUT2D eigenvalue weighted by atomic mass is 16.3. The molecule has 1 aromatic heterocycles. The Morgan fingerprint density at radius 2 is 1.21 bits per heavy atom. The second kappa shape index (κ2) is 16.1. The first-order valence-corrected chi connectivity index (χ1v) is 20.2. The number of para-hydroxylation sites is 1. The summed E-state index contributed by atoms with van der Waals surface area (Å²) in [7, 11) is 0. The van der Waals surface area contributed by atoms with Crippen molar-refractivity contribution in [1.29, 1.82) is 0 Å². The fourth-order valence-electron chi connectivity index (χ4n) is 8.53. The fourth-order valence-corrected chi connectivity index (χ4v) is 8.53. The van der Waals surface area contributed by atoms with Gasteiger partial charge in [-0.25, -0.2) is 0 Å². The average molecular weight is 736 g/mol. The molecule has 2 aliphatic carbocycles. The van der Waals surface area contributed by atoms with Gasteiger partial charge in [0.05, 0.1) is 0 Å². The minimum absolute atomic E-state index is 0.170. The summed E-state index contributed by atoms with van der Waals surface area (Å²) in [5.41, 5.74) is 17.2. The van der Waals surface area contributed by atoms with Crippen LogP contribution < -0.4 is 4.90 Å². The molecule has 284 valence electrons. The van der Waals surface area contributed by atoms with Crippen LogP contribution in [-0.2, 0) is 10.8 Å². The van der Waals surface area contributed by atoms with E-state index >= 15 is 0 Å². The predicted octanol–water partition coefficient (Wildman–Crippen LogP) is 16.2. The van der Waals surface area contributed by atoms with Crippen molar-refractivity contribution in [2.45, 2.75) is 80.1 Å². The van der Waals surface area contributed by atoms with Crippen molar-refractivity contribution in [1.82, 2.24) is 0 Å². The van der Waals surface area contributed by atoms with E-state index in [1.54, 1.807) is 0 Å². The molecule has 0 saturated carbocycles. The third-order valence-corrected chi connectivity index (χ3v) is 11.5. The van der Waals surface area contributed by atoms with Gasteiger partial charge in [0, 0.05) is 44.4 Å². The highest BCUT2D eigenvalue weighted by Crippen LogP contribution is 2.53. The van der Waals surface area contributed by atoms with E-state index < -0.39 is 0 Å². The first kappa shape index (κ1) is 39.8. The van der Waals surface area contributed by atoms with Crippen LogP contribution in [0, 0.1) is 0 Å². The Bertz CT molecular complexity index is 2500. The quantitative estimate of drug-likeness (QED) is 0.155. The van der Waals surface area contributed by atoms with Crippen LogP contribution in [0.4, 0.5) is 17.1 Å². The highest BCUT2D eigenvalue weighted by molar-refractivity contribution is 5.99. The van der Waals surface area contributed by atoms with Crippen LogP contribution in [0.1, 0.15) is 103 Å². The number of hydrogen-bond donors (Lipinski definition) is 0. The molecule has 0 aliphatic heterocycles. The number of furan rings is 1. The molecule has 0 N–H and O–H groups in total. The Morgan fingerprint density at radius 1 is 0.607 bits per heavy atom. The van der Waals surface area contributed by atoms with E-state index in [1.807, 2.05) is 52.0 Å². The molecule has 8 rings (SSSR count). The second-order valence-corrected chi connectivity index (χ2v) is 15.0. The lowest BCUT2D eigenvalue weighted by Gasteiger charge is -2.29. The highest BCUT2D eigenvalue weighted by Gasteiger charge is 2.39. The number of hydrogen-bond acceptors (Lipinski definition) is 2. The maximum Gasteiger partial charge on any atom is 0.143 e. The Balaban J connectivity index is 0.00000129. The van der Waals surface area contributed by atoms with E-state index in [-0.39, 0.29) is 10.8 Å². The Kier molecular flexibility index (Phi) is 11.4. The maximum absolute atomic E-state index is 6.68. The summed E-state index contributed by atoms with van der Waals surface area (Å²) in [5.74, 6) is 0.884. The molecule has 0 fully saturated rings. The first-order chi connectivity index (χ1) is 27.1. The van der Waals surface area contributed by atoms with Gasteiger partial charge in [0.2, 0.25) is 0 Å². The molecular weight excluding hydrogens is 679 g/mol. The van der Waals surface area contributed by atoms with Crippen LogP contribution in [0.2, 0.25) is 0 Å². The summed E-state index contributed by atoms with van der Waals surface area (Å²) in [6.45, 7) is 30.0.